The van der Waals surface area contributed by atoms with Crippen molar-refractivity contribution < 1.29 is 9.59 Å². The Morgan fingerprint density at radius 1 is 1.40 bits per heavy atom. The van der Waals surface area contributed by atoms with Crippen molar-refractivity contribution in [3.63, 3.8) is 0 Å². The van der Waals surface area contributed by atoms with Gasteiger partial charge in [-0.05, 0) is 25.3 Å². The predicted molar refractivity (Wildman–Crippen MR) is 73.0 cm³/mol. The van der Waals surface area contributed by atoms with Crippen LogP contribution in [0.5, 0.6) is 0 Å². The minimum absolute atomic E-state index is 0.0736. The molecule has 2 aliphatic heterocycles. The average molecular weight is 276 g/mol. The van der Waals surface area contributed by atoms with Crippen molar-refractivity contribution in [1.82, 2.24) is 20.0 Å². The maximum atomic E-state index is 12.3. The standard InChI is InChI=1S/C14H20N4O2/c19-13-4-2-8-18(13)10-14(20)17-7-1-3-11(9-17)12-5-6-15-16-12/h5-6,11H,1-4,7-10H2,(H,15,16). The highest BCUT2D eigenvalue weighted by atomic mass is 16.2. The van der Waals surface area contributed by atoms with E-state index in [4.69, 9.17) is 0 Å². The average Bonchev–Trinajstić information content (AvgIpc) is 3.12. The Bertz CT molecular complexity index is 485. The third kappa shape index (κ3) is 2.69. The number of aromatic nitrogens is 2. The van der Waals surface area contributed by atoms with Crippen LogP contribution in [-0.2, 0) is 9.59 Å². The van der Waals surface area contributed by atoms with Crippen molar-refractivity contribution >= 4 is 11.8 Å². The molecule has 108 valence electrons. The van der Waals surface area contributed by atoms with Gasteiger partial charge in [-0.2, -0.15) is 5.10 Å². The van der Waals surface area contributed by atoms with E-state index in [1.165, 1.54) is 0 Å². The highest BCUT2D eigenvalue weighted by molar-refractivity contribution is 5.86. The number of likely N-dealkylation sites (tertiary alicyclic amines) is 2. The van der Waals surface area contributed by atoms with E-state index < -0.39 is 0 Å². The number of amides is 2. The van der Waals surface area contributed by atoms with Crippen molar-refractivity contribution in [3.8, 4) is 0 Å². The highest BCUT2D eigenvalue weighted by Gasteiger charge is 2.28. The van der Waals surface area contributed by atoms with Crippen LogP contribution in [-0.4, -0.2) is 58.0 Å². The number of rotatable bonds is 3. The summed E-state index contributed by atoms with van der Waals surface area (Å²) in [5.74, 6) is 0.523. The fourth-order valence-corrected chi connectivity index (χ4v) is 3.09. The number of nitrogens with zero attached hydrogens (tertiary/aromatic N) is 3. The Hall–Kier alpha value is -1.85. The second-order valence-electron chi connectivity index (χ2n) is 5.61. The maximum Gasteiger partial charge on any atom is 0.242 e. The smallest absolute Gasteiger partial charge is 0.242 e. The minimum Gasteiger partial charge on any atom is -0.340 e. The van der Waals surface area contributed by atoms with E-state index in [1.54, 1.807) is 11.1 Å². The zero-order chi connectivity index (χ0) is 13.9. The van der Waals surface area contributed by atoms with Crippen LogP contribution >= 0.6 is 0 Å². The summed E-state index contributed by atoms with van der Waals surface area (Å²) in [5.41, 5.74) is 1.10. The van der Waals surface area contributed by atoms with Crippen molar-refractivity contribution in [3.05, 3.63) is 18.0 Å². The van der Waals surface area contributed by atoms with Gasteiger partial charge in [-0.15, -0.1) is 0 Å². The van der Waals surface area contributed by atoms with E-state index in [1.807, 2.05) is 11.0 Å². The first kappa shape index (κ1) is 13.1. The van der Waals surface area contributed by atoms with Crippen LogP contribution < -0.4 is 0 Å². The van der Waals surface area contributed by atoms with E-state index in [0.717, 1.165) is 44.6 Å². The van der Waals surface area contributed by atoms with Crippen LogP contribution in [0.2, 0.25) is 0 Å². The molecular weight excluding hydrogens is 256 g/mol. The first-order valence-electron chi connectivity index (χ1n) is 7.29. The van der Waals surface area contributed by atoms with E-state index in [9.17, 15) is 9.59 Å². The number of carbonyl (C=O) groups is 2. The van der Waals surface area contributed by atoms with Gasteiger partial charge in [-0.25, -0.2) is 0 Å². The highest BCUT2D eigenvalue weighted by Crippen LogP contribution is 2.25. The molecule has 0 radical (unpaired) electrons. The third-order valence-electron chi connectivity index (χ3n) is 4.23. The topological polar surface area (TPSA) is 69.3 Å². The number of hydrogen-bond donors (Lipinski definition) is 1. The summed E-state index contributed by atoms with van der Waals surface area (Å²) < 4.78 is 0. The molecule has 2 fully saturated rings. The van der Waals surface area contributed by atoms with Gasteiger partial charge in [0, 0.05) is 43.9 Å². The van der Waals surface area contributed by atoms with Crippen LogP contribution in [0.1, 0.15) is 37.3 Å². The first-order chi connectivity index (χ1) is 9.74. The zero-order valence-corrected chi connectivity index (χ0v) is 11.5. The molecule has 20 heavy (non-hydrogen) atoms. The van der Waals surface area contributed by atoms with Crippen molar-refractivity contribution in [1.29, 1.82) is 0 Å². The number of piperidine rings is 1. The van der Waals surface area contributed by atoms with Gasteiger partial charge in [0.2, 0.25) is 11.8 Å². The largest absolute Gasteiger partial charge is 0.340 e. The lowest BCUT2D eigenvalue weighted by Gasteiger charge is -2.33. The Morgan fingerprint density at radius 3 is 3.00 bits per heavy atom. The monoisotopic (exact) mass is 276 g/mol. The van der Waals surface area contributed by atoms with Gasteiger partial charge < -0.3 is 9.80 Å². The molecule has 1 unspecified atom stereocenters. The summed E-state index contributed by atoms with van der Waals surface area (Å²) in [5, 5.41) is 6.97. The second-order valence-corrected chi connectivity index (χ2v) is 5.61. The molecule has 2 aliphatic rings. The zero-order valence-electron chi connectivity index (χ0n) is 11.5. The quantitative estimate of drug-likeness (QED) is 0.885. The van der Waals surface area contributed by atoms with Crippen LogP contribution in [0, 0.1) is 0 Å². The molecule has 1 aromatic heterocycles. The molecule has 0 bridgehead atoms. The molecule has 0 saturated carbocycles. The fraction of sp³-hybridized carbons (Fsp3) is 0.643. The predicted octanol–water partition coefficient (Wildman–Crippen LogP) is 0.738. The summed E-state index contributed by atoms with van der Waals surface area (Å²) in [4.78, 5) is 27.5. The van der Waals surface area contributed by atoms with Crippen LogP contribution in [0.3, 0.4) is 0 Å². The molecule has 0 aliphatic carbocycles. The molecule has 1 atom stereocenters. The lowest BCUT2D eigenvalue weighted by Crippen LogP contribution is -2.45. The van der Waals surface area contributed by atoms with Gasteiger partial charge in [0.25, 0.3) is 0 Å². The van der Waals surface area contributed by atoms with Crippen LogP contribution in [0.4, 0.5) is 0 Å². The Balaban J connectivity index is 1.59. The SMILES string of the molecule is O=C1CCCN1CC(=O)N1CCCC(c2ccn[nH]2)C1. The molecule has 2 saturated heterocycles. The summed E-state index contributed by atoms with van der Waals surface area (Å²) in [6.07, 6.45) is 5.30. The lowest BCUT2D eigenvalue weighted by atomic mass is 9.95. The van der Waals surface area contributed by atoms with Gasteiger partial charge >= 0.3 is 0 Å². The van der Waals surface area contributed by atoms with Gasteiger partial charge in [0.05, 0.1) is 6.54 Å². The number of carbonyl (C=O) groups excluding carboxylic acids is 2. The van der Waals surface area contributed by atoms with Crippen LogP contribution in [0.25, 0.3) is 0 Å². The first-order valence-corrected chi connectivity index (χ1v) is 7.29. The third-order valence-corrected chi connectivity index (χ3v) is 4.23. The van der Waals surface area contributed by atoms with Gasteiger partial charge in [-0.3, -0.25) is 14.7 Å². The lowest BCUT2D eigenvalue weighted by molar-refractivity contribution is -0.139. The summed E-state index contributed by atoms with van der Waals surface area (Å²) in [7, 11) is 0. The molecule has 0 spiro atoms. The van der Waals surface area contributed by atoms with Gasteiger partial charge in [0.15, 0.2) is 0 Å². The van der Waals surface area contributed by atoms with Crippen LogP contribution in [0.15, 0.2) is 12.3 Å². The number of H-pyrrole nitrogens is 1. The minimum atomic E-state index is 0.0736. The van der Waals surface area contributed by atoms with Gasteiger partial charge in [0.1, 0.15) is 0 Å². The van der Waals surface area contributed by atoms with E-state index in [-0.39, 0.29) is 18.4 Å². The number of hydrogen-bond acceptors (Lipinski definition) is 3. The molecular formula is C14H20N4O2. The Labute approximate surface area is 118 Å². The van der Waals surface area contributed by atoms with E-state index in [0.29, 0.717) is 12.3 Å². The number of nitrogens with one attached hydrogen (secondary N) is 1. The number of aromatic amines is 1. The molecule has 3 heterocycles. The molecule has 3 rings (SSSR count). The molecule has 6 heteroatoms. The fourth-order valence-electron chi connectivity index (χ4n) is 3.09. The molecule has 1 N–H and O–H groups in total. The maximum absolute atomic E-state index is 12.3. The van der Waals surface area contributed by atoms with Crippen molar-refractivity contribution in [2.45, 2.75) is 31.6 Å². The summed E-state index contributed by atoms with van der Waals surface area (Å²) in [6, 6.07) is 1.97. The molecule has 0 aromatic carbocycles. The summed E-state index contributed by atoms with van der Waals surface area (Å²) >= 11 is 0. The second kappa shape index (κ2) is 5.64. The van der Waals surface area contributed by atoms with E-state index in [2.05, 4.69) is 10.2 Å². The van der Waals surface area contributed by atoms with Gasteiger partial charge in [-0.1, -0.05) is 0 Å². The normalized spacial score (nSPS) is 23.4. The van der Waals surface area contributed by atoms with E-state index >= 15 is 0 Å². The molecule has 6 nitrogen and oxygen atoms in total. The van der Waals surface area contributed by atoms with Crippen molar-refractivity contribution in [2.75, 3.05) is 26.2 Å². The van der Waals surface area contributed by atoms with Crippen molar-refractivity contribution in [2.24, 2.45) is 0 Å². The molecule has 1 aromatic rings. The summed E-state index contributed by atoms with van der Waals surface area (Å²) in [6.45, 7) is 2.49. The Morgan fingerprint density at radius 2 is 2.30 bits per heavy atom. The Kier molecular flexibility index (Phi) is 3.71. The molecule has 2 amide bonds.